The molecule has 0 aliphatic heterocycles. The first kappa shape index (κ1) is 30.3. The van der Waals surface area contributed by atoms with Crippen LogP contribution in [0, 0.1) is 27.7 Å². The zero-order chi connectivity index (χ0) is 25.3. The monoisotopic (exact) mass is 606 g/mol. The molecule has 0 saturated carbocycles. The molecule has 3 rings (SSSR count). The van der Waals surface area contributed by atoms with Gasteiger partial charge in [0.25, 0.3) is 11.4 Å². The molecule has 0 radical (unpaired) electrons. The molecule has 3 aromatic rings. The summed E-state index contributed by atoms with van der Waals surface area (Å²) in [5.41, 5.74) is 7.68. The molecule has 0 heterocycles. The van der Waals surface area contributed by atoms with Gasteiger partial charge in [-0.2, -0.15) is 0 Å². The number of benzene rings is 3. The zero-order valence-electron chi connectivity index (χ0n) is 18.3. The Kier molecular flexibility index (Phi) is 12.1. The summed E-state index contributed by atoms with van der Waals surface area (Å²) in [6.07, 6.45) is 0. The standard InChI is InChI=1S/C21H18N4O6S.CH3.ClH.Ru/c22-20(15-8-3-1-4-9-15)21(16-10-5-2-6-11-16)23-32(30,31)14-17-18(24(26)27)12-7-13-19(17)25(28)29;;;/h1-13,20-22H,14H2;1H3;1H;/q-2;-1;;+4/p-1. The molecule has 10 nitrogen and oxygen atoms in total. The molecule has 13 heteroatoms. The van der Waals surface area contributed by atoms with Gasteiger partial charge in [-0.05, 0) is 6.07 Å². The number of halogens is 1. The van der Waals surface area contributed by atoms with Gasteiger partial charge < -0.3 is 17.9 Å². The topological polar surface area (TPSA) is 158 Å². The Balaban J connectivity index is 0.00000199. The van der Waals surface area contributed by atoms with E-state index in [1.54, 1.807) is 60.7 Å². The Hall–Kier alpha value is -2.76. The number of nitro groups is 2. The summed E-state index contributed by atoms with van der Waals surface area (Å²) in [6, 6.07) is 17.7. The van der Waals surface area contributed by atoms with Crippen molar-refractivity contribution in [2.24, 2.45) is 0 Å². The number of nitro benzene ring substituents is 2. The minimum absolute atomic E-state index is 0. The van der Waals surface area contributed by atoms with E-state index in [0.717, 1.165) is 18.2 Å². The average Bonchev–Trinajstić information content (AvgIpc) is 2.84. The Morgan fingerprint density at radius 1 is 0.829 bits per heavy atom. The summed E-state index contributed by atoms with van der Waals surface area (Å²) in [4.78, 5) is 21.0. The first-order valence-corrected chi connectivity index (χ1v) is 13.3. The van der Waals surface area contributed by atoms with Crippen molar-refractivity contribution in [1.29, 1.82) is 0 Å². The number of nitrogens with one attached hydrogen (secondary N) is 1. The fourth-order valence-corrected chi connectivity index (χ4v) is 4.58. The molecule has 0 spiro atoms. The van der Waals surface area contributed by atoms with Crippen LogP contribution in [0.4, 0.5) is 11.4 Å². The maximum atomic E-state index is 13.0. The second-order valence-electron chi connectivity index (χ2n) is 6.86. The van der Waals surface area contributed by atoms with Crippen LogP contribution in [0.2, 0.25) is 0 Å². The van der Waals surface area contributed by atoms with Crippen LogP contribution in [-0.4, -0.2) is 18.3 Å². The fraction of sp³-hybridized carbons (Fsp3) is 0.136. The van der Waals surface area contributed by atoms with E-state index in [4.69, 9.17) is 5.73 Å². The van der Waals surface area contributed by atoms with Gasteiger partial charge in [0, 0.05) is 12.1 Å². The molecular formula is C22H21ClN4O6RuS. The van der Waals surface area contributed by atoms with E-state index >= 15 is 0 Å². The number of hydrogen-bond donors (Lipinski definition) is 0. The third-order valence-electron chi connectivity index (χ3n) is 4.74. The first-order valence-electron chi connectivity index (χ1n) is 9.49. The van der Waals surface area contributed by atoms with Crippen LogP contribution < -0.4 is 0 Å². The maximum Gasteiger partial charge on any atom is 0.280 e. The van der Waals surface area contributed by atoms with E-state index in [-0.39, 0.29) is 7.43 Å². The van der Waals surface area contributed by atoms with E-state index in [1.165, 1.54) is 0 Å². The van der Waals surface area contributed by atoms with Crippen molar-refractivity contribution >= 4 is 31.1 Å². The van der Waals surface area contributed by atoms with Gasteiger partial charge in [-0.1, -0.05) is 71.8 Å². The predicted molar refractivity (Wildman–Crippen MR) is 131 cm³/mol. The van der Waals surface area contributed by atoms with Gasteiger partial charge >= 0.3 is 27.0 Å². The largest absolute Gasteiger partial charge is 0.672 e. The van der Waals surface area contributed by atoms with Crippen molar-refractivity contribution < 1.29 is 35.6 Å². The van der Waals surface area contributed by atoms with Gasteiger partial charge in [0.2, 0.25) is 0 Å². The number of sulfonamides is 1. The molecule has 0 bridgehead atoms. The normalized spacial score (nSPS) is 12.3. The zero-order valence-corrected chi connectivity index (χ0v) is 21.6. The minimum Gasteiger partial charge on any atom is -0.672 e. The third kappa shape index (κ3) is 8.15. The summed E-state index contributed by atoms with van der Waals surface area (Å²) in [7, 11) is 0.118. The second-order valence-corrected chi connectivity index (χ2v) is 8.53. The number of rotatable bonds is 9. The van der Waals surface area contributed by atoms with Crippen LogP contribution >= 0.6 is 9.69 Å². The quantitative estimate of drug-likeness (QED) is 0.119. The molecule has 0 aliphatic rings. The number of nitrogens with zero attached hydrogens (tertiary/aromatic N) is 3. The number of hydrogen-bond acceptors (Lipinski definition) is 6. The summed E-state index contributed by atoms with van der Waals surface area (Å²) in [5.74, 6) is -1.04. The van der Waals surface area contributed by atoms with E-state index in [0.29, 0.717) is 11.1 Å². The third-order valence-corrected chi connectivity index (χ3v) is 5.94. The van der Waals surface area contributed by atoms with Crippen LogP contribution in [0.25, 0.3) is 10.5 Å². The van der Waals surface area contributed by atoms with E-state index in [1.807, 2.05) is 17.3 Å². The molecule has 2 unspecified atom stereocenters. The van der Waals surface area contributed by atoms with E-state index in [2.05, 4.69) is 14.4 Å². The Morgan fingerprint density at radius 2 is 1.26 bits per heavy atom. The molecule has 0 aromatic heterocycles. The van der Waals surface area contributed by atoms with E-state index in [9.17, 15) is 28.6 Å². The SMILES string of the molecule is [CH3-].[Cl][Ru+3].[NH-]C(c1ccccc1)C([N-]S(=O)(=O)Cc1c([N+](=O)[O-])cccc1[N+](=O)[O-])c1ccccc1. The molecule has 186 valence electrons. The van der Waals surface area contributed by atoms with Gasteiger partial charge in [-0.3, -0.25) is 20.2 Å². The maximum absolute atomic E-state index is 13.0. The van der Waals surface area contributed by atoms with Crippen LogP contribution in [0.5, 0.6) is 0 Å². The van der Waals surface area contributed by atoms with Gasteiger partial charge in [0.15, 0.2) is 0 Å². The Labute approximate surface area is 217 Å². The minimum atomic E-state index is -4.45. The van der Waals surface area contributed by atoms with Crippen LogP contribution in [-0.2, 0) is 33.1 Å². The molecular weight excluding hydrogens is 585 g/mol. The molecule has 35 heavy (non-hydrogen) atoms. The van der Waals surface area contributed by atoms with Gasteiger partial charge in [0.05, 0.1) is 25.6 Å². The average molecular weight is 606 g/mol. The summed E-state index contributed by atoms with van der Waals surface area (Å²) in [6.45, 7) is 0. The smallest absolute Gasteiger partial charge is 0.280 e. The van der Waals surface area contributed by atoms with Gasteiger partial charge in [-0.15, -0.1) is 12.1 Å². The van der Waals surface area contributed by atoms with Crippen molar-refractivity contribution in [3.8, 4) is 0 Å². The molecule has 0 amide bonds. The van der Waals surface area contributed by atoms with Crippen LogP contribution in [0.15, 0.2) is 78.9 Å². The van der Waals surface area contributed by atoms with Crippen molar-refractivity contribution in [1.82, 2.24) is 0 Å². The van der Waals surface area contributed by atoms with Crippen LogP contribution in [0.3, 0.4) is 0 Å². The van der Waals surface area contributed by atoms with Crippen molar-refractivity contribution in [2.45, 2.75) is 17.8 Å². The van der Waals surface area contributed by atoms with Crippen molar-refractivity contribution in [3.63, 3.8) is 0 Å². The molecule has 3 aromatic carbocycles. The van der Waals surface area contributed by atoms with Crippen LogP contribution in [0.1, 0.15) is 28.8 Å². The Morgan fingerprint density at radius 3 is 1.69 bits per heavy atom. The predicted octanol–water partition coefficient (Wildman–Crippen LogP) is 6.38. The van der Waals surface area contributed by atoms with E-state index < -0.39 is 54.6 Å². The summed E-state index contributed by atoms with van der Waals surface area (Å²) in [5, 5.41) is 22.7. The second kappa shape index (κ2) is 14.0. The Bertz CT molecular complexity index is 1200. The van der Waals surface area contributed by atoms with Gasteiger partial charge in [-0.25, -0.2) is 8.42 Å². The molecule has 0 saturated heterocycles. The van der Waals surface area contributed by atoms with Crippen molar-refractivity contribution in [2.75, 3.05) is 0 Å². The molecule has 0 fully saturated rings. The fourth-order valence-electron chi connectivity index (χ4n) is 3.25. The summed E-state index contributed by atoms with van der Waals surface area (Å²) < 4.78 is 29.8. The van der Waals surface area contributed by atoms with Crippen molar-refractivity contribution in [3.05, 3.63) is 134 Å². The molecule has 0 aliphatic carbocycles. The molecule has 1 N–H and O–H groups in total. The van der Waals surface area contributed by atoms with Gasteiger partial charge in [0.1, 0.15) is 5.56 Å². The summed E-state index contributed by atoms with van der Waals surface area (Å²) >= 11 is 1.82. The molecule has 2 atom stereocenters. The first-order chi connectivity index (χ1) is 16.2.